The molecule has 1 aliphatic rings. The summed E-state index contributed by atoms with van der Waals surface area (Å²) < 4.78 is 25.4. The number of hydrogen-bond acceptors (Lipinski definition) is 2. The molecule has 1 aromatic rings. The van der Waals surface area contributed by atoms with Gasteiger partial charge in [0.25, 0.3) is 0 Å². The second-order valence-corrected chi connectivity index (χ2v) is 8.14. The Bertz CT molecular complexity index is 522. The van der Waals surface area contributed by atoms with Gasteiger partial charge in [-0.2, -0.15) is 4.31 Å². The number of quaternary nitrogens is 1. The second kappa shape index (κ2) is 7.38. The van der Waals surface area contributed by atoms with Crippen molar-refractivity contribution in [3.8, 4) is 0 Å². The van der Waals surface area contributed by atoms with Crippen LogP contribution in [0.1, 0.15) is 25.8 Å². The summed E-state index contributed by atoms with van der Waals surface area (Å²) in [5, 5.41) is 0. The van der Waals surface area contributed by atoms with E-state index in [4.69, 9.17) is 0 Å². The zero-order valence-electron chi connectivity index (χ0n) is 13.1. The van der Waals surface area contributed by atoms with Gasteiger partial charge < -0.3 is 4.90 Å². The Morgan fingerprint density at radius 1 is 1.19 bits per heavy atom. The zero-order chi connectivity index (χ0) is 15.3. The summed E-state index contributed by atoms with van der Waals surface area (Å²) in [5.74, 6) is 0.214. The van der Waals surface area contributed by atoms with Crippen LogP contribution >= 0.6 is 0 Å². The molecule has 1 N–H and O–H groups in total. The Hall–Kier alpha value is -0.910. The number of hydrogen-bond donors (Lipinski definition) is 1. The van der Waals surface area contributed by atoms with Crippen molar-refractivity contribution >= 4 is 10.0 Å². The molecule has 2 rings (SSSR count). The molecular weight excluding hydrogens is 284 g/mol. The molecule has 0 aromatic heterocycles. The maximum absolute atomic E-state index is 11.9. The van der Waals surface area contributed by atoms with Gasteiger partial charge in [-0.05, 0) is 25.8 Å². The predicted octanol–water partition coefficient (Wildman–Crippen LogP) is 0.558. The molecule has 0 radical (unpaired) electrons. The lowest BCUT2D eigenvalue weighted by atomic mass is 10.0. The van der Waals surface area contributed by atoms with E-state index in [2.05, 4.69) is 31.2 Å². The minimum absolute atomic E-state index is 0.214. The number of nitrogens with zero attached hydrogens (tertiary/aromatic N) is 1. The summed E-state index contributed by atoms with van der Waals surface area (Å²) in [6.07, 6.45) is 2.25. The Balaban J connectivity index is 1.79. The number of aryl methyl sites for hydroxylation is 1. The maximum atomic E-state index is 11.9. The first-order valence-electron chi connectivity index (χ1n) is 7.89. The predicted molar refractivity (Wildman–Crippen MR) is 86.0 cm³/mol. The third-order valence-corrected chi connectivity index (χ3v) is 6.41. The Morgan fingerprint density at radius 2 is 1.81 bits per heavy atom. The minimum atomic E-state index is -3.01. The van der Waals surface area contributed by atoms with E-state index < -0.39 is 10.0 Å². The van der Waals surface area contributed by atoms with Crippen molar-refractivity contribution in [1.29, 1.82) is 0 Å². The highest BCUT2D eigenvalue weighted by Gasteiger charge is 2.29. The van der Waals surface area contributed by atoms with Crippen LogP contribution in [0, 0.1) is 0 Å². The molecule has 4 nitrogen and oxygen atoms in total. The van der Waals surface area contributed by atoms with Crippen LogP contribution in [0.15, 0.2) is 30.3 Å². The molecule has 0 saturated carbocycles. The van der Waals surface area contributed by atoms with Crippen LogP contribution in [0.5, 0.6) is 0 Å². The molecule has 1 heterocycles. The topological polar surface area (TPSA) is 41.8 Å². The van der Waals surface area contributed by atoms with Gasteiger partial charge >= 0.3 is 0 Å². The molecule has 0 aliphatic carbocycles. The van der Waals surface area contributed by atoms with Crippen molar-refractivity contribution in [3.05, 3.63) is 35.9 Å². The molecule has 0 spiro atoms. The summed E-state index contributed by atoms with van der Waals surface area (Å²) in [4.78, 5) is 1.54. The molecule has 1 fully saturated rings. The van der Waals surface area contributed by atoms with Gasteiger partial charge in [-0.15, -0.1) is 0 Å². The number of nitrogens with one attached hydrogen (secondary N) is 1. The summed E-state index contributed by atoms with van der Waals surface area (Å²) in [6, 6.07) is 11.1. The monoisotopic (exact) mass is 311 g/mol. The van der Waals surface area contributed by atoms with Crippen molar-refractivity contribution in [3.63, 3.8) is 0 Å². The highest BCUT2D eigenvalue weighted by atomic mass is 32.2. The van der Waals surface area contributed by atoms with Crippen molar-refractivity contribution in [2.45, 2.75) is 32.7 Å². The second-order valence-electron chi connectivity index (χ2n) is 5.88. The maximum Gasteiger partial charge on any atom is 0.214 e. The lowest BCUT2D eigenvalue weighted by molar-refractivity contribution is -0.927. The fourth-order valence-electron chi connectivity index (χ4n) is 2.96. The van der Waals surface area contributed by atoms with Gasteiger partial charge in [-0.25, -0.2) is 8.42 Å². The van der Waals surface area contributed by atoms with E-state index in [1.165, 1.54) is 10.5 Å². The third-order valence-electron chi connectivity index (χ3n) is 4.53. The smallest absolute Gasteiger partial charge is 0.214 e. The van der Waals surface area contributed by atoms with Crippen LogP contribution in [0.2, 0.25) is 0 Å². The van der Waals surface area contributed by atoms with E-state index >= 15 is 0 Å². The Labute approximate surface area is 128 Å². The van der Waals surface area contributed by atoms with Gasteiger partial charge in [0.1, 0.15) is 0 Å². The summed E-state index contributed by atoms with van der Waals surface area (Å²) >= 11 is 0. The molecule has 1 aromatic carbocycles. The minimum Gasteiger partial charge on any atom is -0.331 e. The molecule has 21 heavy (non-hydrogen) atoms. The van der Waals surface area contributed by atoms with Gasteiger partial charge in [0.2, 0.25) is 10.0 Å². The lowest BCUT2D eigenvalue weighted by Crippen LogP contribution is -3.18. The van der Waals surface area contributed by atoms with E-state index in [-0.39, 0.29) is 5.75 Å². The van der Waals surface area contributed by atoms with Gasteiger partial charge in [0, 0.05) is 6.42 Å². The van der Waals surface area contributed by atoms with Crippen molar-refractivity contribution in [1.82, 2.24) is 4.31 Å². The molecule has 1 saturated heterocycles. The quantitative estimate of drug-likeness (QED) is 0.834. The van der Waals surface area contributed by atoms with Crippen LogP contribution in [0.3, 0.4) is 0 Å². The normalized spacial score (nSPS) is 19.5. The molecule has 118 valence electrons. The molecule has 0 amide bonds. The largest absolute Gasteiger partial charge is 0.331 e. The fraction of sp³-hybridized carbons (Fsp3) is 0.625. The van der Waals surface area contributed by atoms with Crippen LogP contribution in [-0.2, 0) is 16.4 Å². The van der Waals surface area contributed by atoms with Crippen LogP contribution in [0.25, 0.3) is 0 Å². The van der Waals surface area contributed by atoms with E-state index in [1.807, 2.05) is 6.07 Å². The van der Waals surface area contributed by atoms with Gasteiger partial charge in [-0.1, -0.05) is 30.3 Å². The Morgan fingerprint density at radius 3 is 2.38 bits per heavy atom. The van der Waals surface area contributed by atoms with Crippen LogP contribution in [0.4, 0.5) is 0 Å². The Kier molecular flexibility index (Phi) is 5.79. The highest BCUT2D eigenvalue weighted by Crippen LogP contribution is 2.05. The third kappa shape index (κ3) is 4.53. The van der Waals surface area contributed by atoms with E-state index in [9.17, 15) is 8.42 Å². The molecule has 1 aliphatic heterocycles. The summed E-state index contributed by atoms with van der Waals surface area (Å²) in [7, 11) is -3.01. The first-order chi connectivity index (χ1) is 10.0. The van der Waals surface area contributed by atoms with E-state index in [1.54, 1.807) is 11.2 Å². The van der Waals surface area contributed by atoms with E-state index in [0.717, 1.165) is 25.9 Å². The number of benzene rings is 1. The molecule has 1 atom stereocenters. The van der Waals surface area contributed by atoms with E-state index in [0.29, 0.717) is 19.1 Å². The average Bonchev–Trinajstić information content (AvgIpc) is 2.53. The summed E-state index contributed by atoms with van der Waals surface area (Å²) in [6.45, 7) is 7.19. The average molecular weight is 311 g/mol. The zero-order valence-corrected chi connectivity index (χ0v) is 13.9. The molecule has 5 heteroatoms. The number of piperazine rings is 1. The van der Waals surface area contributed by atoms with Crippen molar-refractivity contribution in [2.24, 2.45) is 0 Å². The first kappa shape index (κ1) is 16.5. The fourth-order valence-corrected chi connectivity index (χ4v) is 4.06. The standard InChI is InChI=1S/C16H26N2O2S/c1-3-21(19,20)18-13-11-17(12-14-18)15(2)9-10-16-7-5-4-6-8-16/h4-8,15H,3,9-14H2,1-2H3/p+1/t15-/m0/s1. The number of sulfonamides is 1. The van der Waals surface area contributed by atoms with Crippen LogP contribution in [-0.4, -0.2) is 50.7 Å². The van der Waals surface area contributed by atoms with Crippen LogP contribution < -0.4 is 4.90 Å². The number of rotatable bonds is 6. The van der Waals surface area contributed by atoms with Gasteiger partial charge in [0.15, 0.2) is 0 Å². The summed E-state index contributed by atoms with van der Waals surface area (Å²) in [5.41, 5.74) is 1.39. The molecule has 0 bridgehead atoms. The van der Waals surface area contributed by atoms with Crippen molar-refractivity contribution < 1.29 is 13.3 Å². The first-order valence-corrected chi connectivity index (χ1v) is 9.50. The van der Waals surface area contributed by atoms with Gasteiger partial charge in [0.05, 0.1) is 38.0 Å². The molecular formula is C16H27N2O2S+. The van der Waals surface area contributed by atoms with Crippen molar-refractivity contribution in [2.75, 3.05) is 31.9 Å². The highest BCUT2D eigenvalue weighted by molar-refractivity contribution is 7.89. The lowest BCUT2D eigenvalue weighted by Gasteiger charge is -2.34. The molecule has 0 unspecified atom stereocenters. The SMILES string of the molecule is CCS(=O)(=O)N1CC[NH+]([C@@H](C)CCc2ccccc2)CC1. The van der Waals surface area contributed by atoms with Gasteiger partial charge in [-0.3, -0.25) is 0 Å².